The molecule has 0 aliphatic heterocycles. The van der Waals surface area contributed by atoms with E-state index in [1.165, 1.54) is 7.11 Å². The van der Waals surface area contributed by atoms with Crippen molar-refractivity contribution in [2.45, 2.75) is 6.92 Å². The van der Waals surface area contributed by atoms with Crippen molar-refractivity contribution in [3.05, 3.63) is 53.9 Å². The Labute approximate surface area is 144 Å². The fraction of sp³-hybridized carbons (Fsp3) is 0.167. The van der Waals surface area contributed by atoms with E-state index in [4.69, 9.17) is 18.7 Å². The van der Waals surface area contributed by atoms with E-state index in [1.54, 1.807) is 56.5 Å². The summed E-state index contributed by atoms with van der Waals surface area (Å²) in [6.45, 7) is 1.72. The monoisotopic (exact) mass is 340 g/mol. The van der Waals surface area contributed by atoms with Crippen LogP contribution in [0, 0.1) is 6.92 Å². The summed E-state index contributed by atoms with van der Waals surface area (Å²) in [6, 6.07) is 11.7. The van der Waals surface area contributed by atoms with Crippen LogP contribution in [0.3, 0.4) is 0 Å². The molecule has 128 valence electrons. The SMILES string of the molecule is COc1ccc(C(=O)Oc2ccc(-c3noc(C)n3)cc2)c(OC)c1. The highest BCUT2D eigenvalue weighted by atomic mass is 16.5. The number of nitrogens with zero attached hydrogens (tertiary/aromatic N) is 2. The summed E-state index contributed by atoms with van der Waals surface area (Å²) in [6.07, 6.45) is 0. The lowest BCUT2D eigenvalue weighted by Gasteiger charge is -2.10. The zero-order chi connectivity index (χ0) is 17.8. The maximum absolute atomic E-state index is 12.4. The minimum Gasteiger partial charge on any atom is -0.497 e. The van der Waals surface area contributed by atoms with Crippen LogP contribution < -0.4 is 14.2 Å². The predicted octanol–water partition coefficient (Wildman–Crippen LogP) is 3.28. The molecule has 0 bridgehead atoms. The molecule has 1 aromatic heterocycles. The van der Waals surface area contributed by atoms with Gasteiger partial charge >= 0.3 is 5.97 Å². The molecular weight excluding hydrogens is 324 g/mol. The quantitative estimate of drug-likeness (QED) is 0.520. The second-order valence-electron chi connectivity index (χ2n) is 5.12. The van der Waals surface area contributed by atoms with Crippen LogP contribution in [-0.2, 0) is 0 Å². The Morgan fingerprint density at radius 3 is 2.32 bits per heavy atom. The summed E-state index contributed by atoms with van der Waals surface area (Å²) in [7, 11) is 3.02. The number of aryl methyl sites for hydroxylation is 1. The molecule has 0 aliphatic carbocycles. The van der Waals surface area contributed by atoms with Crippen LogP contribution in [0.15, 0.2) is 47.0 Å². The van der Waals surface area contributed by atoms with Gasteiger partial charge in [0.05, 0.1) is 14.2 Å². The Bertz CT molecular complexity index is 887. The molecule has 0 radical (unpaired) electrons. The average molecular weight is 340 g/mol. The number of hydrogen-bond acceptors (Lipinski definition) is 7. The molecule has 25 heavy (non-hydrogen) atoms. The Balaban J connectivity index is 1.77. The standard InChI is InChI=1S/C18H16N2O5/c1-11-19-17(20-25-11)12-4-6-13(7-5-12)24-18(21)15-9-8-14(22-2)10-16(15)23-3/h4-10H,1-3H3. The smallest absolute Gasteiger partial charge is 0.347 e. The van der Waals surface area contributed by atoms with Crippen molar-refractivity contribution in [1.29, 1.82) is 0 Å². The van der Waals surface area contributed by atoms with Gasteiger partial charge in [0.2, 0.25) is 11.7 Å². The molecule has 0 saturated carbocycles. The van der Waals surface area contributed by atoms with Gasteiger partial charge in [0.1, 0.15) is 22.8 Å². The van der Waals surface area contributed by atoms with Gasteiger partial charge in [0.15, 0.2) is 0 Å². The first-order chi connectivity index (χ1) is 12.1. The van der Waals surface area contributed by atoms with Crippen molar-refractivity contribution in [3.8, 4) is 28.6 Å². The number of benzene rings is 2. The Morgan fingerprint density at radius 2 is 1.72 bits per heavy atom. The van der Waals surface area contributed by atoms with Crippen LogP contribution in [0.1, 0.15) is 16.2 Å². The van der Waals surface area contributed by atoms with E-state index in [9.17, 15) is 4.79 Å². The molecular formula is C18H16N2O5. The molecule has 7 nitrogen and oxygen atoms in total. The molecule has 3 aromatic rings. The molecule has 0 unspecified atom stereocenters. The number of carbonyl (C=O) groups excluding carboxylic acids is 1. The summed E-state index contributed by atoms with van der Waals surface area (Å²) in [5.74, 6) is 1.80. The number of ether oxygens (including phenoxy) is 3. The van der Waals surface area contributed by atoms with E-state index in [0.29, 0.717) is 34.5 Å². The minimum absolute atomic E-state index is 0.307. The van der Waals surface area contributed by atoms with E-state index < -0.39 is 5.97 Å². The molecule has 0 fully saturated rings. The van der Waals surface area contributed by atoms with Gasteiger partial charge in [-0.15, -0.1) is 0 Å². The lowest BCUT2D eigenvalue weighted by molar-refractivity contribution is 0.0731. The van der Waals surface area contributed by atoms with E-state index in [-0.39, 0.29) is 0 Å². The maximum atomic E-state index is 12.4. The van der Waals surface area contributed by atoms with E-state index in [2.05, 4.69) is 10.1 Å². The van der Waals surface area contributed by atoms with Crippen molar-refractivity contribution >= 4 is 5.97 Å². The predicted molar refractivity (Wildman–Crippen MR) is 89.0 cm³/mol. The molecule has 7 heteroatoms. The molecule has 2 aromatic carbocycles. The highest BCUT2D eigenvalue weighted by Gasteiger charge is 2.16. The molecule has 0 spiro atoms. The molecule has 0 N–H and O–H groups in total. The number of rotatable bonds is 5. The fourth-order valence-electron chi connectivity index (χ4n) is 2.22. The van der Waals surface area contributed by atoms with Crippen molar-refractivity contribution in [2.75, 3.05) is 14.2 Å². The topological polar surface area (TPSA) is 83.7 Å². The van der Waals surface area contributed by atoms with Gasteiger partial charge in [-0.3, -0.25) is 0 Å². The molecule has 0 amide bonds. The number of aromatic nitrogens is 2. The number of carbonyl (C=O) groups is 1. The molecule has 3 rings (SSSR count). The van der Waals surface area contributed by atoms with E-state index in [1.807, 2.05) is 0 Å². The lowest BCUT2D eigenvalue weighted by atomic mass is 10.2. The first kappa shape index (κ1) is 16.5. The van der Waals surface area contributed by atoms with Gasteiger partial charge in [-0.2, -0.15) is 4.98 Å². The van der Waals surface area contributed by atoms with Gasteiger partial charge in [-0.05, 0) is 36.4 Å². The largest absolute Gasteiger partial charge is 0.497 e. The Kier molecular flexibility index (Phi) is 4.65. The van der Waals surface area contributed by atoms with Crippen LogP contribution in [0.4, 0.5) is 0 Å². The van der Waals surface area contributed by atoms with Gasteiger partial charge in [-0.25, -0.2) is 4.79 Å². The summed E-state index contributed by atoms with van der Waals surface area (Å²) in [4.78, 5) is 16.5. The third-order valence-electron chi connectivity index (χ3n) is 3.48. The first-order valence-corrected chi connectivity index (χ1v) is 7.45. The van der Waals surface area contributed by atoms with Gasteiger partial charge in [-0.1, -0.05) is 5.16 Å². The molecule has 0 saturated heterocycles. The molecule has 0 aliphatic rings. The fourth-order valence-corrected chi connectivity index (χ4v) is 2.22. The minimum atomic E-state index is -0.525. The molecule has 1 heterocycles. The first-order valence-electron chi connectivity index (χ1n) is 7.45. The zero-order valence-electron chi connectivity index (χ0n) is 14.0. The van der Waals surface area contributed by atoms with Crippen molar-refractivity contribution in [3.63, 3.8) is 0 Å². The van der Waals surface area contributed by atoms with Crippen LogP contribution in [0.2, 0.25) is 0 Å². The van der Waals surface area contributed by atoms with Crippen LogP contribution in [-0.4, -0.2) is 30.3 Å². The van der Waals surface area contributed by atoms with Crippen LogP contribution >= 0.6 is 0 Å². The number of hydrogen-bond donors (Lipinski definition) is 0. The lowest BCUT2D eigenvalue weighted by Crippen LogP contribution is -2.10. The van der Waals surface area contributed by atoms with Crippen molar-refractivity contribution in [1.82, 2.24) is 10.1 Å². The maximum Gasteiger partial charge on any atom is 0.347 e. The Hall–Kier alpha value is -3.35. The van der Waals surface area contributed by atoms with E-state index in [0.717, 1.165) is 5.56 Å². The second-order valence-corrected chi connectivity index (χ2v) is 5.12. The van der Waals surface area contributed by atoms with Crippen molar-refractivity contribution < 1.29 is 23.5 Å². The second kappa shape index (κ2) is 7.04. The van der Waals surface area contributed by atoms with Crippen molar-refractivity contribution in [2.24, 2.45) is 0 Å². The number of methoxy groups -OCH3 is 2. The van der Waals surface area contributed by atoms with Crippen LogP contribution in [0.5, 0.6) is 17.2 Å². The van der Waals surface area contributed by atoms with Crippen LogP contribution in [0.25, 0.3) is 11.4 Å². The summed E-state index contributed by atoms with van der Waals surface area (Å²) in [5.41, 5.74) is 1.07. The molecule has 0 atom stereocenters. The average Bonchev–Trinajstić information content (AvgIpc) is 3.08. The normalized spacial score (nSPS) is 10.4. The zero-order valence-corrected chi connectivity index (χ0v) is 14.0. The summed E-state index contributed by atoms with van der Waals surface area (Å²) in [5, 5.41) is 3.84. The van der Waals surface area contributed by atoms with Gasteiger partial charge in [0, 0.05) is 18.6 Å². The van der Waals surface area contributed by atoms with Gasteiger partial charge < -0.3 is 18.7 Å². The summed E-state index contributed by atoms with van der Waals surface area (Å²) < 4.78 is 20.7. The highest BCUT2D eigenvalue weighted by Crippen LogP contribution is 2.26. The van der Waals surface area contributed by atoms with Gasteiger partial charge in [0.25, 0.3) is 0 Å². The van der Waals surface area contributed by atoms with E-state index >= 15 is 0 Å². The number of esters is 1. The Morgan fingerprint density at radius 1 is 1.00 bits per heavy atom. The highest BCUT2D eigenvalue weighted by molar-refractivity contribution is 5.94. The third-order valence-corrected chi connectivity index (χ3v) is 3.48. The summed E-state index contributed by atoms with van der Waals surface area (Å²) >= 11 is 0. The third kappa shape index (κ3) is 3.60.